The van der Waals surface area contributed by atoms with Crippen molar-refractivity contribution in [1.82, 2.24) is 19.6 Å². The van der Waals surface area contributed by atoms with Crippen LogP contribution >= 0.6 is 0 Å². The number of aromatic nitrogens is 4. The zero-order chi connectivity index (χ0) is 10.3. The zero-order valence-electron chi connectivity index (χ0n) is 8.39. The van der Waals surface area contributed by atoms with E-state index in [0.717, 1.165) is 5.82 Å². The highest BCUT2D eigenvalue weighted by Gasteiger charge is 2.19. The molecule has 0 bridgehead atoms. The van der Waals surface area contributed by atoms with Gasteiger partial charge in [-0.3, -0.25) is 0 Å². The highest BCUT2D eigenvalue weighted by atomic mass is 16.3. The van der Waals surface area contributed by atoms with E-state index in [-0.39, 0.29) is 11.2 Å². The molecule has 0 aromatic carbocycles. The maximum Gasteiger partial charge on any atom is 0.252 e. The van der Waals surface area contributed by atoms with Crippen LogP contribution in [0, 0.1) is 0 Å². The van der Waals surface area contributed by atoms with Gasteiger partial charge in [0.1, 0.15) is 0 Å². The van der Waals surface area contributed by atoms with E-state index in [4.69, 9.17) is 0 Å². The largest absolute Gasteiger partial charge is 0.505 e. The number of nitrogens with zero attached hydrogens (tertiary/aromatic N) is 4. The number of rotatable bonds is 0. The van der Waals surface area contributed by atoms with Gasteiger partial charge in [0.25, 0.3) is 5.78 Å². The first-order valence-electron chi connectivity index (χ1n) is 4.39. The molecule has 5 heteroatoms. The van der Waals surface area contributed by atoms with Gasteiger partial charge in [-0.1, -0.05) is 20.8 Å². The predicted molar refractivity (Wildman–Crippen MR) is 51.1 cm³/mol. The Labute approximate surface area is 81.4 Å². The Morgan fingerprint density at radius 2 is 2.07 bits per heavy atom. The number of hydrogen-bond acceptors (Lipinski definition) is 4. The highest BCUT2D eigenvalue weighted by molar-refractivity contribution is 5.30. The van der Waals surface area contributed by atoms with Crippen molar-refractivity contribution >= 4 is 5.78 Å². The Bertz CT molecular complexity index is 469. The van der Waals surface area contributed by atoms with Gasteiger partial charge in [0, 0.05) is 5.41 Å². The summed E-state index contributed by atoms with van der Waals surface area (Å²) in [5.74, 6) is 1.31. The molecule has 0 amide bonds. The SMILES string of the molecule is CC(C)(C)c1nc2ncc(O)cn2n1. The molecule has 2 aromatic heterocycles. The topological polar surface area (TPSA) is 63.3 Å². The Morgan fingerprint density at radius 3 is 2.71 bits per heavy atom. The molecule has 0 aliphatic carbocycles. The van der Waals surface area contributed by atoms with Crippen molar-refractivity contribution in [2.24, 2.45) is 0 Å². The minimum Gasteiger partial charge on any atom is -0.505 e. The Balaban J connectivity index is 2.63. The maximum atomic E-state index is 9.19. The summed E-state index contributed by atoms with van der Waals surface area (Å²) >= 11 is 0. The first-order chi connectivity index (χ1) is 6.47. The van der Waals surface area contributed by atoms with Crippen LogP contribution in [0.4, 0.5) is 0 Å². The van der Waals surface area contributed by atoms with Gasteiger partial charge < -0.3 is 5.11 Å². The zero-order valence-corrected chi connectivity index (χ0v) is 8.39. The second kappa shape index (κ2) is 2.67. The minimum atomic E-state index is -0.108. The Morgan fingerprint density at radius 1 is 1.36 bits per heavy atom. The summed E-state index contributed by atoms with van der Waals surface area (Å²) < 4.78 is 1.48. The molecule has 1 N–H and O–H groups in total. The fourth-order valence-corrected chi connectivity index (χ4v) is 1.09. The molecule has 0 radical (unpaired) electrons. The summed E-state index contributed by atoms with van der Waals surface area (Å²) in [6.45, 7) is 6.09. The van der Waals surface area contributed by atoms with Gasteiger partial charge in [0.15, 0.2) is 11.6 Å². The van der Waals surface area contributed by atoms with Crippen LogP contribution in [0.2, 0.25) is 0 Å². The fraction of sp³-hybridized carbons (Fsp3) is 0.444. The summed E-state index contributed by atoms with van der Waals surface area (Å²) in [6, 6.07) is 0. The van der Waals surface area contributed by atoms with Crippen LogP contribution in [0.3, 0.4) is 0 Å². The minimum absolute atomic E-state index is 0.0860. The fourth-order valence-electron chi connectivity index (χ4n) is 1.09. The molecule has 0 atom stereocenters. The van der Waals surface area contributed by atoms with Crippen molar-refractivity contribution in [3.8, 4) is 5.75 Å². The molecule has 0 saturated heterocycles. The lowest BCUT2D eigenvalue weighted by molar-refractivity contribution is 0.467. The van der Waals surface area contributed by atoms with Crippen molar-refractivity contribution in [3.63, 3.8) is 0 Å². The van der Waals surface area contributed by atoms with E-state index in [1.54, 1.807) is 0 Å². The van der Waals surface area contributed by atoms with Gasteiger partial charge in [-0.05, 0) is 0 Å². The van der Waals surface area contributed by atoms with Gasteiger partial charge in [-0.15, -0.1) is 5.10 Å². The monoisotopic (exact) mass is 192 g/mol. The van der Waals surface area contributed by atoms with Crippen LogP contribution in [0.5, 0.6) is 5.75 Å². The van der Waals surface area contributed by atoms with E-state index in [1.165, 1.54) is 16.9 Å². The maximum absolute atomic E-state index is 9.19. The lowest BCUT2D eigenvalue weighted by Crippen LogP contribution is -2.13. The lowest BCUT2D eigenvalue weighted by Gasteiger charge is -2.11. The number of fused-ring (bicyclic) bond motifs is 1. The number of aromatic hydroxyl groups is 1. The van der Waals surface area contributed by atoms with E-state index in [2.05, 4.69) is 15.1 Å². The third-order valence-electron chi connectivity index (χ3n) is 1.85. The van der Waals surface area contributed by atoms with E-state index in [1.807, 2.05) is 20.8 Å². The Hall–Kier alpha value is -1.65. The first-order valence-corrected chi connectivity index (χ1v) is 4.39. The van der Waals surface area contributed by atoms with Crippen LogP contribution < -0.4 is 0 Å². The van der Waals surface area contributed by atoms with Gasteiger partial charge in [-0.2, -0.15) is 4.98 Å². The van der Waals surface area contributed by atoms with Crippen LogP contribution in [-0.2, 0) is 5.41 Å². The summed E-state index contributed by atoms with van der Waals surface area (Å²) in [7, 11) is 0. The summed E-state index contributed by atoms with van der Waals surface area (Å²) in [5, 5.41) is 13.4. The molecule has 5 nitrogen and oxygen atoms in total. The van der Waals surface area contributed by atoms with Crippen LogP contribution in [0.25, 0.3) is 5.78 Å². The van der Waals surface area contributed by atoms with E-state index < -0.39 is 0 Å². The third-order valence-corrected chi connectivity index (χ3v) is 1.85. The highest BCUT2D eigenvalue weighted by Crippen LogP contribution is 2.18. The van der Waals surface area contributed by atoms with Crippen LogP contribution in [-0.4, -0.2) is 24.7 Å². The summed E-state index contributed by atoms with van der Waals surface area (Å²) in [4.78, 5) is 8.21. The molecule has 0 fully saturated rings. The van der Waals surface area contributed by atoms with Crippen LogP contribution in [0.1, 0.15) is 26.6 Å². The quantitative estimate of drug-likeness (QED) is 0.679. The molecular weight excluding hydrogens is 180 g/mol. The molecule has 0 unspecified atom stereocenters. The normalized spacial score (nSPS) is 12.2. The molecule has 0 saturated carbocycles. The second-order valence-corrected chi connectivity index (χ2v) is 4.24. The third kappa shape index (κ3) is 1.41. The second-order valence-electron chi connectivity index (χ2n) is 4.24. The molecule has 74 valence electrons. The van der Waals surface area contributed by atoms with Crippen LogP contribution in [0.15, 0.2) is 12.4 Å². The molecule has 2 rings (SSSR count). The van der Waals surface area contributed by atoms with Crippen molar-refractivity contribution in [2.45, 2.75) is 26.2 Å². The van der Waals surface area contributed by atoms with E-state index >= 15 is 0 Å². The standard InChI is InChI=1S/C9H12N4O/c1-9(2,3)7-11-8-10-4-6(14)5-13(8)12-7/h4-5,14H,1-3H3. The predicted octanol–water partition coefficient (Wildman–Crippen LogP) is 1.13. The average molecular weight is 192 g/mol. The average Bonchev–Trinajstić information content (AvgIpc) is 2.45. The van der Waals surface area contributed by atoms with Crippen molar-refractivity contribution in [2.75, 3.05) is 0 Å². The summed E-state index contributed by atoms with van der Waals surface area (Å²) in [6.07, 6.45) is 2.85. The van der Waals surface area contributed by atoms with Crippen molar-refractivity contribution in [3.05, 3.63) is 18.2 Å². The molecule has 2 aromatic rings. The molecular formula is C9H12N4O. The molecule has 14 heavy (non-hydrogen) atoms. The lowest BCUT2D eigenvalue weighted by atomic mass is 9.96. The van der Waals surface area contributed by atoms with E-state index in [0.29, 0.717) is 5.78 Å². The number of hydrogen-bond donors (Lipinski definition) is 1. The van der Waals surface area contributed by atoms with Crippen molar-refractivity contribution < 1.29 is 5.11 Å². The smallest absolute Gasteiger partial charge is 0.252 e. The van der Waals surface area contributed by atoms with E-state index in [9.17, 15) is 5.11 Å². The van der Waals surface area contributed by atoms with Gasteiger partial charge in [0.05, 0.1) is 12.4 Å². The first kappa shape index (κ1) is 8.93. The molecule has 0 spiro atoms. The molecule has 0 aliphatic heterocycles. The van der Waals surface area contributed by atoms with Gasteiger partial charge in [-0.25, -0.2) is 9.50 Å². The van der Waals surface area contributed by atoms with Gasteiger partial charge >= 0.3 is 0 Å². The molecule has 0 aliphatic rings. The van der Waals surface area contributed by atoms with Crippen molar-refractivity contribution in [1.29, 1.82) is 0 Å². The Kier molecular flexibility index (Phi) is 1.70. The molecule has 2 heterocycles. The van der Waals surface area contributed by atoms with Gasteiger partial charge in [0.2, 0.25) is 0 Å². The summed E-state index contributed by atoms with van der Waals surface area (Å²) in [5.41, 5.74) is -0.108.